The summed E-state index contributed by atoms with van der Waals surface area (Å²) in [5, 5.41) is 0.267. The molecule has 0 aromatic rings. The lowest BCUT2D eigenvalue weighted by Gasteiger charge is -2.57. The van der Waals surface area contributed by atoms with E-state index in [0.717, 1.165) is 37.9 Å². The summed E-state index contributed by atoms with van der Waals surface area (Å²) in [6.07, 6.45) is 13.9. The molecule has 3 fully saturated rings. The Kier molecular flexibility index (Phi) is 6.65. The van der Waals surface area contributed by atoms with Gasteiger partial charge in [0.25, 0.3) is 0 Å². The van der Waals surface area contributed by atoms with Crippen LogP contribution in [0.4, 0.5) is 0 Å². The van der Waals surface area contributed by atoms with Gasteiger partial charge in [-0.2, -0.15) is 0 Å². The first kappa shape index (κ1) is 26.9. The van der Waals surface area contributed by atoms with E-state index in [-0.39, 0.29) is 21.3 Å². The van der Waals surface area contributed by atoms with Crippen molar-refractivity contribution in [2.45, 2.75) is 117 Å². The fourth-order valence-corrected chi connectivity index (χ4v) is 10.4. The lowest BCUT2D eigenvalue weighted by molar-refractivity contribution is -0.279. The molecule has 1 spiro atoms. The molecule has 0 bridgehead atoms. The van der Waals surface area contributed by atoms with Crippen molar-refractivity contribution >= 4 is 30.9 Å². The van der Waals surface area contributed by atoms with E-state index in [1.54, 1.807) is 11.1 Å². The third-order valence-corrected chi connectivity index (χ3v) is 16.8. The Morgan fingerprint density at radius 1 is 1.06 bits per heavy atom. The second-order valence-corrected chi connectivity index (χ2v) is 20.5. The Bertz CT molecular complexity index is 905. The molecule has 0 amide bonds. The van der Waals surface area contributed by atoms with E-state index in [1.165, 1.54) is 36.5 Å². The van der Waals surface area contributed by atoms with E-state index in [1.807, 2.05) is 0 Å². The Morgan fingerprint density at radius 2 is 1.74 bits per heavy atom. The van der Waals surface area contributed by atoms with E-state index < -0.39 is 14.1 Å². The molecule has 0 aromatic carbocycles. The van der Waals surface area contributed by atoms with Gasteiger partial charge in [0.2, 0.25) is 0 Å². The highest BCUT2D eigenvalue weighted by atomic mass is 127. The van der Waals surface area contributed by atoms with E-state index in [9.17, 15) is 0 Å². The molecule has 5 atom stereocenters. The first-order valence-electron chi connectivity index (χ1n) is 14.1. The van der Waals surface area contributed by atoms with Crippen molar-refractivity contribution in [3.8, 4) is 0 Å². The van der Waals surface area contributed by atoms with Crippen LogP contribution in [0.1, 0.15) is 86.5 Å². The zero-order valence-electron chi connectivity index (χ0n) is 23.6. The largest absolute Gasteiger partial charge is 0.413 e. The smallest absolute Gasteiger partial charge is 0.192 e. The number of alkyl halides is 1. The summed E-state index contributed by atoms with van der Waals surface area (Å²) in [5.74, 6) is 0.999. The number of allylic oxidation sites excluding steroid dienone is 3. The summed E-state index contributed by atoms with van der Waals surface area (Å²) in [4.78, 5) is 0. The van der Waals surface area contributed by atoms with Gasteiger partial charge in [-0.25, -0.2) is 0 Å². The Labute approximate surface area is 229 Å². The third kappa shape index (κ3) is 4.30. The molecule has 3 nitrogen and oxygen atoms in total. The van der Waals surface area contributed by atoms with Crippen molar-refractivity contribution < 1.29 is 13.9 Å². The van der Waals surface area contributed by atoms with Gasteiger partial charge < -0.3 is 13.9 Å². The molecule has 1 heterocycles. The normalized spacial score (nSPS) is 40.4. The van der Waals surface area contributed by atoms with Crippen LogP contribution in [0.3, 0.4) is 0 Å². The van der Waals surface area contributed by atoms with E-state index in [0.29, 0.717) is 6.10 Å². The molecular weight excluding hydrogens is 563 g/mol. The molecule has 198 valence electrons. The predicted molar refractivity (Wildman–Crippen MR) is 155 cm³/mol. The maximum Gasteiger partial charge on any atom is 0.192 e. The van der Waals surface area contributed by atoms with Crippen LogP contribution in [0.25, 0.3) is 0 Å². The highest BCUT2D eigenvalue weighted by Crippen LogP contribution is 2.65. The molecule has 1 aliphatic heterocycles. The second kappa shape index (κ2) is 8.66. The van der Waals surface area contributed by atoms with Gasteiger partial charge in [0.05, 0.1) is 19.3 Å². The Morgan fingerprint density at radius 3 is 2.37 bits per heavy atom. The highest BCUT2D eigenvalue weighted by Gasteiger charge is 2.59. The maximum absolute atomic E-state index is 7.13. The molecule has 5 rings (SSSR count). The Balaban J connectivity index is 1.42. The van der Waals surface area contributed by atoms with Gasteiger partial charge in [-0.05, 0) is 80.0 Å². The molecule has 1 unspecified atom stereocenters. The lowest BCUT2D eigenvalue weighted by Crippen LogP contribution is -2.53. The summed E-state index contributed by atoms with van der Waals surface area (Å²) in [5.41, 5.74) is 3.99. The summed E-state index contributed by atoms with van der Waals surface area (Å²) in [6.45, 7) is 20.6. The van der Waals surface area contributed by atoms with Crippen LogP contribution < -0.4 is 0 Å². The number of halogens is 1. The number of hydrogen-bond donors (Lipinski definition) is 0. The predicted octanol–water partition coefficient (Wildman–Crippen LogP) is 8.44. The van der Waals surface area contributed by atoms with Crippen LogP contribution in [0, 0.1) is 28.1 Å². The van der Waals surface area contributed by atoms with E-state index >= 15 is 0 Å². The van der Waals surface area contributed by atoms with Gasteiger partial charge in [-0.3, -0.25) is 0 Å². The highest BCUT2D eigenvalue weighted by molar-refractivity contribution is 14.1. The SMILES string of the molecule is CC1(C)COC2(C=C3CC[C@@H]4C(=CC[C@]5(C)C(O[Si](C)(C)C(C)(C)C)CC[C@@H]45)[C@@]3(CI)CC2)OC1. The van der Waals surface area contributed by atoms with Crippen LogP contribution in [0.5, 0.6) is 0 Å². The maximum atomic E-state index is 7.13. The molecule has 5 heteroatoms. The zero-order valence-corrected chi connectivity index (χ0v) is 26.7. The minimum absolute atomic E-state index is 0.112. The topological polar surface area (TPSA) is 27.7 Å². The van der Waals surface area contributed by atoms with Gasteiger partial charge in [0.15, 0.2) is 14.1 Å². The van der Waals surface area contributed by atoms with Crippen LogP contribution in [-0.4, -0.2) is 37.8 Å². The van der Waals surface area contributed by atoms with Gasteiger partial charge in [-0.15, -0.1) is 0 Å². The number of ether oxygens (including phenoxy) is 2. The average Bonchev–Trinajstić information content (AvgIpc) is 3.11. The van der Waals surface area contributed by atoms with Crippen LogP contribution in [0.15, 0.2) is 23.3 Å². The van der Waals surface area contributed by atoms with Crippen molar-refractivity contribution in [1.29, 1.82) is 0 Å². The first-order chi connectivity index (χ1) is 16.2. The first-order valence-corrected chi connectivity index (χ1v) is 18.5. The standard InChI is InChI=1S/C30H49IO3Si/c1-26(2,3)35(7,8)34-25-12-11-23-22-10-9-21-17-30(32-19-27(4,5)20-33-30)16-15-29(21,18-31)24(22)13-14-28(23,25)6/h13,17,22-23,25H,9-12,14-16,18-20H2,1-8H3/t22-,23-,25?,28-,29+/m0/s1. The molecule has 4 aliphatic carbocycles. The van der Waals surface area contributed by atoms with Gasteiger partial charge in [0, 0.05) is 21.7 Å². The van der Waals surface area contributed by atoms with Crippen molar-refractivity contribution in [2.75, 3.05) is 17.6 Å². The summed E-state index contributed by atoms with van der Waals surface area (Å²) >= 11 is 2.68. The van der Waals surface area contributed by atoms with Crippen molar-refractivity contribution in [3.05, 3.63) is 23.3 Å². The fraction of sp³-hybridized carbons (Fsp3) is 0.867. The average molecular weight is 613 g/mol. The molecule has 0 N–H and O–H groups in total. The molecule has 0 radical (unpaired) electrons. The zero-order chi connectivity index (χ0) is 25.5. The summed E-state index contributed by atoms with van der Waals surface area (Å²) < 4.78 is 21.2. The lowest BCUT2D eigenvalue weighted by atomic mass is 9.51. The Hall–Kier alpha value is 0.307. The second-order valence-electron chi connectivity index (χ2n) is 15.0. The van der Waals surface area contributed by atoms with Crippen LogP contribution in [0.2, 0.25) is 18.1 Å². The molecule has 35 heavy (non-hydrogen) atoms. The number of hydrogen-bond acceptors (Lipinski definition) is 3. The number of rotatable bonds is 3. The van der Waals surface area contributed by atoms with Gasteiger partial charge in [-0.1, -0.05) is 81.4 Å². The van der Waals surface area contributed by atoms with Crippen LogP contribution >= 0.6 is 22.6 Å². The van der Waals surface area contributed by atoms with Gasteiger partial charge >= 0.3 is 0 Å². The molecule has 5 aliphatic rings. The van der Waals surface area contributed by atoms with Gasteiger partial charge in [0.1, 0.15) is 0 Å². The van der Waals surface area contributed by atoms with Crippen molar-refractivity contribution in [2.24, 2.45) is 28.1 Å². The molecule has 0 aromatic heterocycles. The molecular formula is C30H49IO3Si. The molecule has 1 saturated heterocycles. The van der Waals surface area contributed by atoms with Crippen molar-refractivity contribution in [1.82, 2.24) is 0 Å². The minimum Gasteiger partial charge on any atom is -0.413 e. The quantitative estimate of drug-likeness (QED) is 0.139. The summed E-state index contributed by atoms with van der Waals surface area (Å²) in [7, 11) is -1.78. The summed E-state index contributed by atoms with van der Waals surface area (Å²) in [6, 6.07) is 0. The third-order valence-electron chi connectivity index (χ3n) is 11.0. The number of fused-ring (bicyclic) bond motifs is 5. The van der Waals surface area contributed by atoms with Crippen LogP contribution in [-0.2, 0) is 13.9 Å². The van der Waals surface area contributed by atoms with E-state index in [2.05, 4.69) is 89.4 Å². The molecule has 2 saturated carbocycles. The van der Waals surface area contributed by atoms with E-state index in [4.69, 9.17) is 13.9 Å². The fourth-order valence-electron chi connectivity index (χ4n) is 7.66. The van der Waals surface area contributed by atoms with Crippen molar-refractivity contribution in [3.63, 3.8) is 0 Å². The monoisotopic (exact) mass is 612 g/mol. The minimum atomic E-state index is -1.78.